The minimum Gasteiger partial charge on any atom is -0.506 e. The molecule has 0 radical (unpaired) electrons. The molecule has 0 aliphatic heterocycles. The summed E-state index contributed by atoms with van der Waals surface area (Å²) in [5.41, 5.74) is 3.74. The second-order valence-corrected chi connectivity index (χ2v) is 9.39. The normalized spacial score (nSPS) is 10.7. The summed E-state index contributed by atoms with van der Waals surface area (Å²) in [7, 11) is 0. The van der Waals surface area contributed by atoms with E-state index in [1.54, 1.807) is 50.2 Å². The van der Waals surface area contributed by atoms with Crippen molar-refractivity contribution in [3.8, 4) is 34.6 Å². The second kappa shape index (κ2) is 16.5. The van der Waals surface area contributed by atoms with Gasteiger partial charge in [0.1, 0.15) is 22.9 Å². The van der Waals surface area contributed by atoms with Gasteiger partial charge in [-0.3, -0.25) is 0 Å². The first kappa shape index (κ1) is 35.7. The summed E-state index contributed by atoms with van der Waals surface area (Å²) in [6.07, 6.45) is 0. The second-order valence-electron chi connectivity index (χ2n) is 9.39. The first-order valence-corrected chi connectivity index (χ1v) is 13.4. The molecule has 0 fully saturated rings. The third-order valence-corrected chi connectivity index (χ3v) is 6.29. The largest absolute Gasteiger partial charge is 1.00 e. The molecule has 6 aromatic rings. The number of azo groups is 2. The maximum absolute atomic E-state index is 10.3. The van der Waals surface area contributed by atoms with E-state index in [4.69, 9.17) is 0 Å². The third-order valence-electron chi connectivity index (χ3n) is 6.29. The van der Waals surface area contributed by atoms with Crippen molar-refractivity contribution < 1.29 is 67.3 Å². The molecule has 2 aromatic heterocycles. The van der Waals surface area contributed by atoms with E-state index in [0.29, 0.717) is 22.8 Å². The van der Waals surface area contributed by atoms with Crippen LogP contribution in [-0.4, -0.2) is 40.0 Å². The summed E-state index contributed by atoms with van der Waals surface area (Å²) < 4.78 is 2.79. The number of benzene rings is 4. The van der Waals surface area contributed by atoms with Gasteiger partial charge in [-0.15, -0.1) is 20.5 Å². The minimum atomic E-state index is -0.0946. The van der Waals surface area contributed by atoms with Crippen molar-refractivity contribution in [2.24, 2.45) is 20.5 Å². The zero-order valence-corrected chi connectivity index (χ0v) is 28.4. The molecule has 0 bridgehead atoms. The number of rotatable bonds is 6. The Bertz CT molecular complexity index is 1810. The molecule has 2 heterocycles. The van der Waals surface area contributed by atoms with E-state index in [2.05, 4.69) is 30.7 Å². The van der Waals surface area contributed by atoms with E-state index in [1.807, 2.05) is 60.7 Å². The van der Waals surface area contributed by atoms with Crippen LogP contribution >= 0.6 is 0 Å². The molecule has 4 N–H and O–H groups in total. The molecule has 14 heteroatoms. The van der Waals surface area contributed by atoms with Crippen LogP contribution in [0, 0.1) is 13.8 Å². The Morgan fingerprint density at radius 3 is 1.15 bits per heavy atom. The number of hydrogen-bond donors (Lipinski definition) is 4. The Labute approximate surface area is 297 Å². The van der Waals surface area contributed by atoms with Crippen molar-refractivity contribution in [2.45, 2.75) is 13.8 Å². The summed E-state index contributed by atoms with van der Waals surface area (Å²) in [5.74, 6) is -0.136. The number of nitrogens with zero attached hydrogens (tertiary/aromatic N) is 8. The number of aromatic nitrogens is 4. The first-order chi connectivity index (χ1) is 21.3. The van der Waals surface area contributed by atoms with E-state index >= 15 is 0 Å². The van der Waals surface area contributed by atoms with Crippen molar-refractivity contribution >= 4 is 22.7 Å². The summed E-state index contributed by atoms with van der Waals surface area (Å²) in [4.78, 5) is 0. The Kier molecular flexibility index (Phi) is 12.8. The molecule has 46 heavy (non-hydrogen) atoms. The van der Waals surface area contributed by atoms with Crippen LogP contribution in [-0.2, 0) is 17.4 Å². The molecule has 0 atom stereocenters. The van der Waals surface area contributed by atoms with Gasteiger partial charge in [-0.2, -0.15) is 19.6 Å². The average molecular weight is 664 g/mol. The topological polar surface area (TPSA) is 166 Å². The van der Waals surface area contributed by atoms with Crippen LogP contribution in [0.5, 0.6) is 23.3 Å². The van der Waals surface area contributed by atoms with Crippen LogP contribution in [0.15, 0.2) is 130 Å². The van der Waals surface area contributed by atoms with E-state index < -0.39 is 0 Å². The molecule has 6 rings (SSSR count). The Hall–Kier alpha value is -4.77. The van der Waals surface area contributed by atoms with Gasteiger partial charge in [0, 0.05) is 17.4 Å². The average Bonchev–Trinajstić information content (AvgIpc) is 3.50. The molecule has 0 aliphatic rings. The predicted octanol–water partition coefficient (Wildman–Crippen LogP) is 5.02. The number of aromatic hydroxyl groups is 4. The van der Waals surface area contributed by atoms with Gasteiger partial charge in [0.2, 0.25) is 11.8 Å². The van der Waals surface area contributed by atoms with E-state index in [0.717, 1.165) is 11.4 Å². The van der Waals surface area contributed by atoms with Gasteiger partial charge in [0.05, 0.1) is 22.8 Å². The number of phenolic OH excluding ortho intramolecular Hbond substituents is 2. The molecule has 0 spiro atoms. The van der Waals surface area contributed by atoms with Gasteiger partial charge in [-0.25, -0.2) is 0 Å². The van der Waals surface area contributed by atoms with Crippen molar-refractivity contribution in [2.75, 3.05) is 0 Å². The van der Waals surface area contributed by atoms with Gasteiger partial charge < -0.3 is 20.4 Å². The summed E-state index contributed by atoms with van der Waals surface area (Å²) >= 11 is 0. The standard InChI is InChI=1S/2C16H14N4O2.Cr.Na/c2*1-11-15(18-17-13-9-5-6-10-14(13)21)16(22)20(19-11)12-7-3-2-4-8-12;;/h2*2-10,21-22H,1H3;;/q;;;+1. The number of aryl methyl sites for hydroxylation is 2. The zero-order chi connectivity index (χ0) is 31.1. The smallest absolute Gasteiger partial charge is 0.506 e. The molecule has 0 saturated carbocycles. The Morgan fingerprint density at radius 1 is 0.478 bits per heavy atom. The predicted molar refractivity (Wildman–Crippen MR) is 164 cm³/mol. The van der Waals surface area contributed by atoms with Crippen molar-refractivity contribution in [3.63, 3.8) is 0 Å². The van der Waals surface area contributed by atoms with Gasteiger partial charge in [0.15, 0.2) is 11.4 Å². The quantitative estimate of drug-likeness (QED) is 0.144. The van der Waals surface area contributed by atoms with Crippen molar-refractivity contribution in [1.82, 2.24) is 19.6 Å². The van der Waals surface area contributed by atoms with Gasteiger partial charge in [0.25, 0.3) is 0 Å². The monoisotopic (exact) mass is 663 g/mol. The van der Waals surface area contributed by atoms with Crippen molar-refractivity contribution in [3.05, 3.63) is 121 Å². The van der Waals surface area contributed by atoms with Crippen LogP contribution < -0.4 is 29.6 Å². The van der Waals surface area contributed by atoms with Crippen LogP contribution in [0.25, 0.3) is 11.4 Å². The van der Waals surface area contributed by atoms with E-state index in [-0.39, 0.29) is 81.6 Å². The fourth-order valence-corrected chi connectivity index (χ4v) is 4.05. The summed E-state index contributed by atoms with van der Waals surface area (Å²) in [5, 5.41) is 64.4. The molecule has 0 unspecified atom stereocenters. The molecule has 4 aromatic carbocycles. The molecular weight excluding hydrogens is 635 g/mol. The first-order valence-electron chi connectivity index (χ1n) is 13.4. The SMILES string of the molecule is Cc1nn(-c2ccccc2)c(O)c1N=Nc1ccccc1O.Cc1nn(-c2ccccc2)c(O)c1N=Nc1ccccc1O.[Cr].[Na+]. The van der Waals surface area contributed by atoms with Crippen LogP contribution in [0.3, 0.4) is 0 Å². The number of hydrogen-bond acceptors (Lipinski definition) is 10. The van der Waals surface area contributed by atoms with E-state index in [1.165, 1.54) is 21.5 Å². The summed E-state index contributed by atoms with van der Waals surface area (Å²) in [6.45, 7) is 3.47. The molecule has 0 amide bonds. The van der Waals surface area contributed by atoms with Crippen LogP contribution in [0.2, 0.25) is 0 Å². The van der Waals surface area contributed by atoms with E-state index in [9.17, 15) is 20.4 Å². The number of para-hydroxylation sites is 4. The number of phenols is 2. The van der Waals surface area contributed by atoms with Crippen LogP contribution in [0.4, 0.5) is 22.7 Å². The molecular formula is C32H28CrN8NaO4+. The molecule has 226 valence electrons. The van der Waals surface area contributed by atoms with Gasteiger partial charge in [-0.05, 0) is 62.4 Å². The molecule has 0 aliphatic carbocycles. The van der Waals surface area contributed by atoms with Crippen molar-refractivity contribution in [1.29, 1.82) is 0 Å². The fourth-order valence-electron chi connectivity index (χ4n) is 4.05. The van der Waals surface area contributed by atoms with Crippen LogP contribution in [0.1, 0.15) is 11.4 Å². The fraction of sp³-hybridized carbons (Fsp3) is 0.0625. The molecule has 12 nitrogen and oxygen atoms in total. The maximum atomic E-state index is 10.3. The molecule has 0 saturated heterocycles. The third kappa shape index (κ3) is 8.28. The maximum Gasteiger partial charge on any atom is 1.00 e. The van der Waals surface area contributed by atoms with Gasteiger partial charge in [-0.1, -0.05) is 60.7 Å². The summed E-state index contributed by atoms with van der Waals surface area (Å²) in [6, 6.07) is 31.7. The Balaban J connectivity index is 0.000000240. The Morgan fingerprint density at radius 2 is 0.804 bits per heavy atom. The minimum absolute atomic E-state index is 0. The van der Waals surface area contributed by atoms with Gasteiger partial charge >= 0.3 is 29.6 Å². The zero-order valence-electron chi connectivity index (χ0n) is 25.2.